The number of nitrogens with two attached hydrogens (primary N) is 1. The van der Waals surface area contributed by atoms with Crippen LogP contribution >= 0.6 is 0 Å². The molecule has 0 spiro atoms. The second kappa shape index (κ2) is 4.42. The Bertz CT molecular complexity index is 344. The van der Waals surface area contributed by atoms with Crippen molar-refractivity contribution >= 4 is 5.91 Å². The summed E-state index contributed by atoms with van der Waals surface area (Å²) in [7, 11) is 0. The van der Waals surface area contributed by atoms with Crippen molar-refractivity contribution in [2.24, 2.45) is 5.73 Å². The standard InChI is InChI=1S/C11H14N2O2/c12-5-8-1-3-9(4-2-8)11(14)13-10-6-15-7-10/h1-4,10H,5-7,12H2,(H,13,14). The quantitative estimate of drug-likeness (QED) is 0.746. The van der Waals surface area contributed by atoms with E-state index in [0.29, 0.717) is 25.3 Å². The van der Waals surface area contributed by atoms with Gasteiger partial charge in [0.05, 0.1) is 19.3 Å². The van der Waals surface area contributed by atoms with Crippen LogP contribution in [-0.2, 0) is 11.3 Å². The summed E-state index contributed by atoms with van der Waals surface area (Å²) in [5, 5.41) is 2.87. The van der Waals surface area contributed by atoms with Gasteiger partial charge in [0, 0.05) is 12.1 Å². The van der Waals surface area contributed by atoms with Crippen LogP contribution in [0.5, 0.6) is 0 Å². The maximum absolute atomic E-state index is 11.6. The van der Waals surface area contributed by atoms with Gasteiger partial charge >= 0.3 is 0 Å². The molecule has 1 fully saturated rings. The number of carbonyl (C=O) groups is 1. The molecule has 0 saturated carbocycles. The Labute approximate surface area is 88.4 Å². The van der Waals surface area contributed by atoms with Crippen molar-refractivity contribution in [3.63, 3.8) is 0 Å². The van der Waals surface area contributed by atoms with E-state index >= 15 is 0 Å². The monoisotopic (exact) mass is 206 g/mol. The molecule has 4 heteroatoms. The van der Waals surface area contributed by atoms with Crippen LogP contribution in [0.4, 0.5) is 0 Å². The topological polar surface area (TPSA) is 64.4 Å². The summed E-state index contributed by atoms with van der Waals surface area (Å²) >= 11 is 0. The van der Waals surface area contributed by atoms with Gasteiger partial charge in [-0.3, -0.25) is 4.79 Å². The first-order valence-corrected chi connectivity index (χ1v) is 4.97. The Morgan fingerprint density at radius 3 is 2.53 bits per heavy atom. The van der Waals surface area contributed by atoms with Gasteiger partial charge in [0.2, 0.25) is 0 Å². The fourth-order valence-corrected chi connectivity index (χ4v) is 1.38. The number of rotatable bonds is 3. The fraction of sp³-hybridized carbons (Fsp3) is 0.364. The average molecular weight is 206 g/mol. The summed E-state index contributed by atoms with van der Waals surface area (Å²) in [6, 6.07) is 7.48. The normalized spacial score (nSPS) is 15.8. The maximum Gasteiger partial charge on any atom is 0.251 e. The Hall–Kier alpha value is -1.39. The first-order chi connectivity index (χ1) is 7.29. The van der Waals surface area contributed by atoms with Gasteiger partial charge < -0.3 is 15.8 Å². The highest BCUT2D eigenvalue weighted by molar-refractivity contribution is 5.94. The second-order valence-corrected chi connectivity index (χ2v) is 3.61. The SMILES string of the molecule is NCc1ccc(C(=O)NC2COC2)cc1. The zero-order valence-corrected chi connectivity index (χ0v) is 8.40. The molecule has 0 bridgehead atoms. The molecule has 1 aliphatic rings. The van der Waals surface area contributed by atoms with Crippen LogP contribution in [0.25, 0.3) is 0 Å². The molecule has 0 unspecified atom stereocenters. The Balaban J connectivity index is 1.98. The van der Waals surface area contributed by atoms with Gasteiger partial charge in [0.15, 0.2) is 0 Å². The fourth-order valence-electron chi connectivity index (χ4n) is 1.38. The van der Waals surface area contributed by atoms with E-state index in [1.165, 1.54) is 0 Å². The van der Waals surface area contributed by atoms with Crippen molar-refractivity contribution in [1.82, 2.24) is 5.32 Å². The van der Waals surface area contributed by atoms with Crippen molar-refractivity contribution in [3.8, 4) is 0 Å². The zero-order valence-electron chi connectivity index (χ0n) is 8.40. The average Bonchev–Trinajstić information content (AvgIpc) is 2.23. The van der Waals surface area contributed by atoms with Crippen LogP contribution in [0.3, 0.4) is 0 Å². The van der Waals surface area contributed by atoms with E-state index in [1.54, 1.807) is 12.1 Å². The number of amides is 1. The first kappa shape index (κ1) is 10.1. The van der Waals surface area contributed by atoms with Crippen molar-refractivity contribution in [1.29, 1.82) is 0 Å². The molecule has 1 saturated heterocycles. The van der Waals surface area contributed by atoms with E-state index in [-0.39, 0.29) is 11.9 Å². The minimum atomic E-state index is -0.0492. The summed E-state index contributed by atoms with van der Waals surface area (Å²) in [5.41, 5.74) is 7.16. The molecule has 4 nitrogen and oxygen atoms in total. The van der Waals surface area contributed by atoms with Crippen molar-refractivity contribution in [2.75, 3.05) is 13.2 Å². The Kier molecular flexibility index (Phi) is 2.99. The Morgan fingerprint density at radius 1 is 1.40 bits per heavy atom. The lowest BCUT2D eigenvalue weighted by atomic mass is 10.1. The summed E-state index contributed by atoms with van der Waals surface area (Å²) in [5.74, 6) is -0.0492. The third-order valence-corrected chi connectivity index (χ3v) is 2.43. The predicted octanol–water partition coefficient (Wildman–Crippen LogP) is 0.274. The molecule has 0 aromatic heterocycles. The molecule has 80 valence electrons. The number of ether oxygens (including phenoxy) is 1. The molecular weight excluding hydrogens is 192 g/mol. The van der Waals surface area contributed by atoms with E-state index in [9.17, 15) is 4.79 Å². The molecule has 1 aliphatic heterocycles. The number of benzene rings is 1. The first-order valence-electron chi connectivity index (χ1n) is 4.97. The highest BCUT2D eigenvalue weighted by atomic mass is 16.5. The molecular formula is C11H14N2O2. The van der Waals surface area contributed by atoms with Gasteiger partial charge in [0.1, 0.15) is 0 Å². The minimum absolute atomic E-state index is 0.0492. The van der Waals surface area contributed by atoms with Gasteiger partial charge in [-0.15, -0.1) is 0 Å². The van der Waals surface area contributed by atoms with E-state index in [2.05, 4.69) is 5.32 Å². The van der Waals surface area contributed by atoms with E-state index in [1.807, 2.05) is 12.1 Å². The van der Waals surface area contributed by atoms with Gasteiger partial charge in [-0.05, 0) is 17.7 Å². The number of carbonyl (C=O) groups excluding carboxylic acids is 1. The largest absolute Gasteiger partial charge is 0.377 e. The predicted molar refractivity (Wildman–Crippen MR) is 56.4 cm³/mol. The van der Waals surface area contributed by atoms with Crippen molar-refractivity contribution in [2.45, 2.75) is 12.6 Å². The van der Waals surface area contributed by atoms with Crippen LogP contribution in [0.1, 0.15) is 15.9 Å². The summed E-state index contributed by atoms with van der Waals surface area (Å²) in [6.45, 7) is 1.73. The molecule has 1 aromatic rings. The molecule has 1 aromatic carbocycles. The van der Waals surface area contributed by atoms with Gasteiger partial charge in [-0.2, -0.15) is 0 Å². The number of nitrogens with one attached hydrogen (secondary N) is 1. The van der Waals surface area contributed by atoms with E-state index in [0.717, 1.165) is 5.56 Å². The third-order valence-electron chi connectivity index (χ3n) is 2.43. The molecule has 0 aliphatic carbocycles. The third kappa shape index (κ3) is 2.34. The Morgan fingerprint density at radius 2 is 2.07 bits per heavy atom. The van der Waals surface area contributed by atoms with Crippen molar-refractivity contribution in [3.05, 3.63) is 35.4 Å². The zero-order chi connectivity index (χ0) is 10.7. The van der Waals surface area contributed by atoms with Crippen LogP contribution in [-0.4, -0.2) is 25.2 Å². The second-order valence-electron chi connectivity index (χ2n) is 3.61. The van der Waals surface area contributed by atoms with E-state index < -0.39 is 0 Å². The number of hydrogen-bond donors (Lipinski definition) is 2. The van der Waals surface area contributed by atoms with Crippen molar-refractivity contribution < 1.29 is 9.53 Å². The minimum Gasteiger partial charge on any atom is -0.377 e. The van der Waals surface area contributed by atoms with Gasteiger partial charge in [-0.25, -0.2) is 0 Å². The van der Waals surface area contributed by atoms with Crippen LogP contribution in [0, 0.1) is 0 Å². The van der Waals surface area contributed by atoms with Crippen LogP contribution in [0.15, 0.2) is 24.3 Å². The van der Waals surface area contributed by atoms with Gasteiger partial charge in [-0.1, -0.05) is 12.1 Å². The molecule has 3 N–H and O–H groups in total. The highest BCUT2D eigenvalue weighted by Crippen LogP contribution is 2.06. The number of hydrogen-bond acceptors (Lipinski definition) is 3. The molecule has 0 atom stereocenters. The summed E-state index contributed by atoms with van der Waals surface area (Å²) < 4.78 is 4.98. The molecule has 0 radical (unpaired) electrons. The molecule has 15 heavy (non-hydrogen) atoms. The molecule has 1 amide bonds. The van der Waals surface area contributed by atoms with Gasteiger partial charge in [0.25, 0.3) is 5.91 Å². The highest BCUT2D eigenvalue weighted by Gasteiger charge is 2.20. The lowest BCUT2D eigenvalue weighted by molar-refractivity contribution is -0.00346. The smallest absolute Gasteiger partial charge is 0.251 e. The molecule has 1 heterocycles. The maximum atomic E-state index is 11.6. The van der Waals surface area contributed by atoms with Crippen LogP contribution in [0.2, 0.25) is 0 Å². The van der Waals surface area contributed by atoms with Crippen LogP contribution < -0.4 is 11.1 Å². The lowest BCUT2D eigenvalue weighted by Crippen LogP contribution is -2.48. The lowest BCUT2D eigenvalue weighted by Gasteiger charge is -2.26. The summed E-state index contributed by atoms with van der Waals surface area (Å²) in [4.78, 5) is 11.6. The van der Waals surface area contributed by atoms with E-state index in [4.69, 9.17) is 10.5 Å². The molecule has 2 rings (SSSR count). The summed E-state index contributed by atoms with van der Waals surface area (Å²) in [6.07, 6.45) is 0.